The summed E-state index contributed by atoms with van der Waals surface area (Å²) in [6, 6.07) is 3.36. The van der Waals surface area contributed by atoms with Gasteiger partial charge in [-0.1, -0.05) is 0 Å². The Balaban J connectivity index is 0.000000705. The summed E-state index contributed by atoms with van der Waals surface area (Å²) < 4.78 is 22.3. The number of aliphatic carboxylic acids is 1. The molecule has 0 aromatic heterocycles. The average Bonchev–Trinajstić information content (AvgIpc) is 2.55. The minimum Gasteiger partial charge on any atom is -0.550 e. The van der Waals surface area contributed by atoms with Gasteiger partial charge in [-0.3, -0.25) is 0 Å². The summed E-state index contributed by atoms with van der Waals surface area (Å²) in [6.07, 6.45) is 0. The molecule has 25 heavy (non-hydrogen) atoms. The van der Waals surface area contributed by atoms with E-state index in [2.05, 4.69) is 5.32 Å². The maximum atomic E-state index is 8.89. The molecule has 2 rings (SSSR count). The summed E-state index contributed by atoms with van der Waals surface area (Å²) in [6.45, 7) is 6.11. The van der Waals surface area contributed by atoms with Crippen molar-refractivity contribution in [2.75, 3.05) is 64.2 Å². The molecule has 1 aromatic carbocycles. The zero-order valence-corrected chi connectivity index (χ0v) is 14.5. The molecular weight excluding hydrogens is 330 g/mol. The summed E-state index contributed by atoms with van der Waals surface area (Å²) in [7, 11) is 0. The number of carboxylic acid groups (broad SMARTS) is 1. The first-order valence-electron chi connectivity index (χ1n) is 8.10. The van der Waals surface area contributed by atoms with Crippen molar-refractivity contribution in [2.24, 2.45) is 0 Å². The number of carboxylic acids is 1. The predicted molar refractivity (Wildman–Crippen MR) is 90.2 cm³/mol. The summed E-state index contributed by atoms with van der Waals surface area (Å²) in [5.41, 5.74) is 12.6. The molecule has 142 valence electrons. The van der Waals surface area contributed by atoms with Crippen LogP contribution in [0, 0.1) is 0 Å². The van der Waals surface area contributed by atoms with Gasteiger partial charge in [-0.05, 0) is 6.92 Å². The lowest BCUT2D eigenvalue weighted by atomic mass is 10.2. The standard InChI is InChI=1S/C14H23N3O4.C2H4O2/c15-11-9-13-14(10-12(11)16)21-8-6-19-4-2-17-1-3-18-5-7-20-13;1-2(3)4/h9-10,17H,1-8,15-16H2;1H3,(H,3,4). The Hall–Kier alpha value is -2.23. The van der Waals surface area contributed by atoms with Gasteiger partial charge >= 0.3 is 0 Å². The molecule has 0 unspecified atom stereocenters. The third-order valence-corrected chi connectivity index (χ3v) is 3.05. The van der Waals surface area contributed by atoms with Crippen molar-refractivity contribution in [1.29, 1.82) is 0 Å². The van der Waals surface area contributed by atoms with Crippen LogP contribution in [-0.4, -0.2) is 58.7 Å². The minimum atomic E-state index is -1.08. The van der Waals surface area contributed by atoms with Crippen LogP contribution < -0.4 is 31.4 Å². The maximum absolute atomic E-state index is 8.89. The number of ether oxygens (including phenoxy) is 4. The number of anilines is 2. The molecule has 9 nitrogen and oxygen atoms in total. The lowest BCUT2D eigenvalue weighted by molar-refractivity contribution is -0.657. The van der Waals surface area contributed by atoms with E-state index in [9.17, 15) is 0 Å². The lowest BCUT2D eigenvalue weighted by Crippen LogP contribution is -2.86. The molecule has 0 radical (unpaired) electrons. The highest BCUT2D eigenvalue weighted by molar-refractivity contribution is 5.69. The van der Waals surface area contributed by atoms with Crippen LogP contribution in [-0.2, 0) is 14.3 Å². The molecule has 0 saturated heterocycles. The zero-order valence-electron chi connectivity index (χ0n) is 14.5. The molecule has 0 bridgehead atoms. The van der Waals surface area contributed by atoms with E-state index in [4.69, 9.17) is 40.3 Å². The number of benzene rings is 1. The first-order chi connectivity index (χ1) is 12.0. The quantitative estimate of drug-likeness (QED) is 0.451. The largest absolute Gasteiger partial charge is 0.550 e. The van der Waals surface area contributed by atoms with Crippen LogP contribution >= 0.6 is 0 Å². The van der Waals surface area contributed by atoms with Crippen LogP contribution in [0.2, 0.25) is 0 Å². The van der Waals surface area contributed by atoms with E-state index in [1.807, 2.05) is 0 Å². The molecule has 9 heteroatoms. The molecule has 1 aliphatic rings. The van der Waals surface area contributed by atoms with Crippen LogP contribution in [0.15, 0.2) is 12.1 Å². The molecule has 0 aliphatic carbocycles. The van der Waals surface area contributed by atoms with Gasteiger partial charge in [-0.2, -0.15) is 0 Å². The van der Waals surface area contributed by atoms with Gasteiger partial charge in [-0.15, -0.1) is 0 Å². The number of nitrogens with two attached hydrogens (primary N) is 3. The van der Waals surface area contributed by atoms with Crippen molar-refractivity contribution in [3.63, 3.8) is 0 Å². The Morgan fingerprint density at radius 2 is 1.32 bits per heavy atom. The van der Waals surface area contributed by atoms with Crippen LogP contribution in [0.3, 0.4) is 0 Å². The van der Waals surface area contributed by atoms with Crippen molar-refractivity contribution in [3.8, 4) is 11.5 Å². The van der Waals surface area contributed by atoms with Crippen LogP contribution in [0.5, 0.6) is 11.5 Å². The number of nitrogen functional groups attached to an aromatic ring is 2. The second-order valence-corrected chi connectivity index (χ2v) is 5.21. The van der Waals surface area contributed by atoms with E-state index in [0.717, 1.165) is 20.0 Å². The van der Waals surface area contributed by atoms with E-state index in [0.29, 0.717) is 62.5 Å². The van der Waals surface area contributed by atoms with E-state index in [-0.39, 0.29) is 0 Å². The van der Waals surface area contributed by atoms with E-state index >= 15 is 0 Å². The van der Waals surface area contributed by atoms with Crippen LogP contribution in [0.25, 0.3) is 0 Å². The molecule has 6 N–H and O–H groups in total. The Labute approximate surface area is 147 Å². The molecule has 0 fully saturated rings. The summed E-state index contributed by atoms with van der Waals surface area (Å²) in [4.78, 5) is 8.89. The molecule has 0 spiro atoms. The Kier molecular flexibility index (Phi) is 10.1. The van der Waals surface area contributed by atoms with E-state index in [1.54, 1.807) is 12.1 Å². The molecule has 1 aromatic rings. The maximum Gasteiger partial charge on any atom is 0.163 e. The fraction of sp³-hybridized carbons (Fsp3) is 0.562. The summed E-state index contributed by atoms with van der Waals surface area (Å²) >= 11 is 0. The first-order valence-corrected chi connectivity index (χ1v) is 8.10. The third kappa shape index (κ3) is 9.60. The average molecular weight is 357 g/mol. The van der Waals surface area contributed by atoms with Crippen LogP contribution in [0.4, 0.5) is 11.4 Å². The van der Waals surface area contributed by atoms with Gasteiger partial charge in [0, 0.05) is 18.1 Å². The molecule has 0 amide bonds. The number of hydrogen-bond acceptors (Lipinski definition) is 8. The number of carbonyl (C=O) groups is 1. The van der Waals surface area contributed by atoms with Gasteiger partial charge in [-0.25, -0.2) is 0 Å². The Morgan fingerprint density at radius 1 is 0.920 bits per heavy atom. The molecule has 1 heterocycles. The highest BCUT2D eigenvalue weighted by Gasteiger charge is 2.10. The van der Waals surface area contributed by atoms with Gasteiger partial charge in [0.2, 0.25) is 0 Å². The summed E-state index contributed by atoms with van der Waals surface area (Å²) in [5.74, 6) is 0.0680. The first kappa shape index (κ1) is 20.8. The van der Waals surface area contributed by atoms with Gasteiger partial charge < -0.3 is 45.6 Å². The van der Waals surface area contributed by atoms with Crippen molar-refractivity contribution in [3.05, 3.63) is 12.1 Å². The van der Waals surface area contributed by atoms with E-state index in [1.165, 1.54) is 0 Å². The van der Waals surface area contributed by atoms with Crippen LogP contribution in [0.1, 0.15) is 6.92 Å². The Bertz CT molecular complexity index is 484. The number of fused-ring (bicyclic) bond motifs is 1. The van der Waals surface area contributed by atoms with Crippen molar-refractivity contribution in [2.45, 2.75) is 6.92 Å². The SMILES string of the molecule is CC(=O)[O-].Nc1cc2c(cc1N)OCCOCC[NH2+]CCOCCO2. The monoisotopic (exact) mass is 357 g/mol. The number of carbonyl (C=O) groups excluding carboxylic acids is 1. The molecular formula is C16H27N3O6. The second-order valence-electron chi connectivity index (χ2n) is 5.21. The van der Waals surface area contributed by atoms with Crippen molar-refractivity contribution >= 4 is 17.3 Å². The minimum absolute atomic E-state index is 0.441. The topological polar surface area (TPSA) is 146 Å². The van der Waals surface area contributed by atoms with Gasteiger partial charge in [0.15, 0.2) is 11.5 Å². The van der Waals surface area contributed by atoms with Gasteiger partial charge in [0.05, 0.1) is 50.9 Å². The normalized spacial score (nSPS) is 16.5. The zero-order chi connectivity index (χ0) is 18.5. The molecule has 0 atom stereocenters. The van der Waals surface area contributed by atoms with Crippen molar-refractivity contribution < 1.29 is 34.2 Å². The molecule has 0 saturated carbocycles. The fourth-order valence-corrected chi connectivity index (χ4v) is 1.92. The van der Waals surface area contributed by atoms with Gasteiger partial charge in [0.25, 0.3) is 0 Å². The Morgan fingerprint density at radius 3 is 1.72 bits per heavy atom. The number of hydrogen-bond donors (Lipinski definition) is 3. The number of quaternary nitrogens is 1. The second kappa shape index (κ2) is 12.2. The highest BCUT2D eigenvalue weighted by atomic mass is 16.6. The lowest BCUT2D eigenvalue weighted by Gasteiger charge is -2.14. The fourth-order valence-electron chi connectivity index (χ4n) is 1.92. The third-order valence-electron chi connectivity index (χ3n) is 3.05. The number of rotatable bonds is 0. The van der Waals surface area contributed by atoms with Gasteiger partial charge in [0.1, 0.15) is 13.2 Å². The summed E-state index contributed by atoms with van der Waals surface area (Å²) in [5, 5.41) is 11.1. The predicted octanol–water partition coefficient (Wildman–Crippen LogP) is -2.02. The van der Waals surface area contributed by atoms with Crippen molar-refractivity contribution in [1.82, 2.24) is 0 Å². The highest BCUT2D eigenvalue weighted by Crippen LogP contribution is 2.33. The van der Waals surface area contributed by atoms with E-state index < -0.39 is 5.97 Å². The molecule has 1 aliphatic heterocycles. The smallest absolute Gasteiger partial charge is 0.163 e.